The zero-order chi connectivity index (χ0) is 21.3. The quantitative estimate of drug-likeness (QED) is 0.676. The van der Waals surface area contributed by atoms with Gasteiger partial charge in [0.05, 0.1) is 40.2 Å². The third kappa shape index (κ3) is 3.47. The molecule has 1 aliphatic rings. The van der Waals surface area contributed by atoms with Gasteiger partial charge in [0, 0.05) is 36.7 Å². The molecule has 0 fully saturated rings. The van der Waals surface area contributed by atoms with E-state index >= 15 is 0 Å². The Kier molecular flexibility index (Phi) is 5.12. The summed E-state index contributed by atoms with van der Waals surface area (Å²) in [6, 6.07) is 11.9. The van der Waals surface area contributed by atoms with Crippen LogP contribution >= 0.6 is 11.6 Å². The topological polar surface area (TPSA) is 117 Å². The summed E-state index contributed by atoms with van der Waals surface area (Å²) in [6.07, 6.45) is 3.32. The number of urea groups is 1. The van der Waals surface area contributed by atoms with E-state index in [0.29, 0.717) is 35.7 Å². The summed E-state index contributed by atoms with van der Waals surface area (Å²) >= 11 is 6.54. The van der Waals surface area contributed by atoms with Crippen LogP contribution in [0, 0.1) is 11.3 Å². The molecule has 150 valence electrons. The van der Waals surface area contributed by atoms with Gasteiger partial charge in [-0.2, -0.15) is 5.26 Å². The lowest BCUT2D eigenvalue weighted by Gasteiger charge is -2.30. The average Bonchev–Trinajstić information content (AvgIpc) is 3.06. The standard InChI is InChI=1S/C21H17ClN6O2/c22-18-17(20(24)29)16-12-27(21(30)26-15-5-3-13(10-23)4-6-15)8-9-28(16)19(18)14-2-1-7-25-11-14/h1-7,11H,8-9,12H2,(H2,24,29)(H,26,30). The van der Waals surface area contributed by atoms with Gasteiger partial charge in [-0.15, -0.1) is 0 Å². The van der Waals surface area contributed by atoms with Crippen molar-refractivity contribution in [3.63, 3.8) is 0 Å². The number of hydrogen-bond donors (Lipinski definition) is 2. The van der Waals surface area contributed by atoms with E-state index in [0.717, 1.165) is 5.56 Å². The number of nitrogens with one attached hydrogen (secondary N) is 1. The largest absolute Gasteiger partial charge is 0.365 e. The molecule has 0 bridgehead atoms. The molecule has 3 amide bonds. The highest BCUT2D eigenvalue weighted by Crippen LogP contribution is 2.37. The number of carbonyl (C=O) groups is 2. The number of nitrogens with two attached hydrogens (primary N) is 1. The van der Waals surface area contributed by atoms with Crippen LogP contribution in [0.3, 0.4) is 0 Å². The van der Waals surface area contributed by atoms with Crippen molar-refractivity contribution in [2.45, 2.75) is 13.1 Å². The molecular weight excluding hydrogens is 404 g/mol. The van der Waals surface area contributed by atoms with Crippen LogP contribution in [0.5, 0.6) is 0 Å². The fourth-order valence-corrected chi connectivity index (χ4v) is 3.98. The van der Waals surface area contributed by atoms with Crippen molar-refractivity contribution in [2.75, 3.05) is 11.9 Å². The van der Waals surface area contributed by atoms with Gasteiger partial charge in [-0.25, -0.2) is 4.79 Å². The maximum Gasteiger partial charge on any atom is 0.322 e. The van der Waals surface area contributed by atoms with Crippen LogP contribution in [-0.4, -0.2) is 32.9 Å². The van der Waals surface area contributed by atoms with E-state index in [1.165, 1.54) is 0 Å². The highest BCUT2D eigenvalue weighted by atomic mass is 35.5. The molecule has 0 aliphatic carbocycles. The minimum Gasteiger partial charge on any atom is -0.365 e. The molecule has 3 heterocycles. The SMILES string of the molecule is N#Cc1ccc(NC(=O)N2CCn3c(c(C(N)=O)c(Cl)c3-c3cccnc3)C2)cc1. The van der Waals surface area contributed by atoms with Crippen LogP contribution in [0.4, 0.5) is 10.5 Å². The number of benzene rings is 1. The number of amides is 3. The summed E-state index contributed by atoms with van der Waals surface area (Å²) < 4.78 is 1.92. The van der Waals surface area contributed by atoms with Gasteiger partial charge >= 0.3 is 6.03 Å². The van der Waals surface area contributed by atoms with E-state index in [-0.39, 0.29) is 23.2 Å². The smallest absolute Gasteiger partial charge is 0.322 e. The Balaban J connectivity index is 1.64. The molecule has 0 saturated heterocycles. The highest BCUT2D eigenvalue weighted by Gasteiger charge is 2.31. The van der Waals surface area contributed by atoms with Gasteiger partial charge in [0.15, 0.2) is 0 Å². The third-order valence-corrected chi connectivity index (χ3v) is 5.35. The molecule has 3 aromatic rings. The molecule has 8 nitrogen and oxygen atoms in total. The van der Waals surface area contributed by atoms with Gasteiger partial charge < -0.3 is 20.5 Å². The summed E-state index contributed by atoms with van der Waals surface area (Å²) in [5, 5.41) is 12.0. The van der Waals surface area contributed by atoms with E-state index < -0.39 is 5.91 Å². The first-order valence-corrected chi connectivity index (χ1v) is 9.54. The Bertz CT molecular complexity index is 1160. The van der Waals surface area contributed by atoms with Crippen LogP contribution in [0.25, 0.3) is 11.3 Å². The second-order valence-corrected chi connectivity index (χ2v) is 7.16. The lowest BCUT2D eigenvalue weighted by molar-refractivity contribution is 0.0997. The predicted octanol–water partition coefficient (Wildman–Crippen LogP) is 3.22. The second kappa shape index (κ2) is 7.89. The number of aromatic nitrogens is 2. The van der Waals surface area contributed by atoms with E-state index in [1.807, 2.05) is 16.7 Å². The first-order chi connectivity index (χ1) is 14.5. The zero-order valence-corrected chi connectivity index (χ0v) is 16.6. The lowest BCUT2D eigenvalue weighted by atomic mass is 10.1. The van der Waals surface area contributed by atoms with Gasteiger partial charge in [-0.3, -0.25) is 9.78 Å². The first-order valence-electron chi connectivity index (χ1n) is 9.16. The Morgan fingerprint density at radius 2 is 1.97 bits per heavy atom. The molecule has 0 spiro atoms. The van der Waals surface area contributed by atoms with Crippen LogP contribution in [-0.2, 0) is 13.1 Å². The molecule has 2 aromatic heterocycles. The van der Waals surface area contributed by atoms with Crippen molar-refractivity contribution in [3.8, 4) is 17.3 Å². The van der Waals surface area contributed by atoms with Crippen LogP contribution in [0.2, 0.25) is 5.02 Å². The molecule has 0 saturated carbocycles. The number of carbonyl (C=O) groups excluding carboxylic acids is 2. The number of primary amides is 1. The highest BCUT2D eigenvalue weighted by molar-refractivity contribution is 6.36. The third-order valence-electron chi connectivity index (χ3n) is 4.98. The fraction of sp³-hybridized carbons (Fsp3) is 0.143. The Labute approximate surface area is 177 Å². The van der Waals surface area contributed by atoms with Crippen molar-refractivity contribution in [2.24, 2.45) is 5.73 Å². The van der Waals surface area contributed by atoms with Gasteiger partial charge in [0.2, 0.25) is 0 Å². The van der Waals surface area contributed by atoms with Crippen molar-refractivity contribution in [1.82, 2.24) is 14.5 Å². The number of halogens is 1. The summed E-state index contributed by atoms with van der Waals surface area (Å²) in [5.41, 5.74) is 8.93. The lowest BCUT2D eigenvalue weighted by Crippen LogP contribution is -2.41. The predicted molar refractivity (Wildman–Crippen MR) is 112 cm³/mol. The van der Waals surface area contributed by atoms with Crippen LogP contribution < -0.4 is 11.1 Å². The van der Waals surface area contributed by atoms with Crippen molar-refractivity contribution in [1.29, 1.82) is 5.26 Å². The molecule has 30 heavy (non-hydrogen) atoms. The van der Waals surface area contributed by atoms with Crippen LogP contribution in [0.15, 0.2) is 48.8 Å². The van der Waals surface area contributed by atoms with E-state index in [9.17, 15) is 9.59 Å². The maximum atomic E-state index is 12.8. The normalized spacial score (nSPS) is 12.7. The first kappa shape index (κ1) is 19.5. The second-order valence-electron chi connectivity index (χ2n) is 6.78. The van der Waals surface area contributed by atoms with Crippen molar-refractivity contribution >= 4 is 29.2 Å². The summed E-state index contributed by atoms with van der Waals surface area (Å²) in [7, 11) is 0. The van der Waals surface area contributed by atoms with Crippen molar-refractivity contribution in [3.05, 3.63) is 70.6 Å². The molecule has 3 N–H and O–H groups in total. The molecule has 4 rings (SSSR count). The molecule has 0 radical (unpaired) electrons. The molecular formula is C21H17ClN6O2. The van der Waals surface area contributed by atoms with E-state index in [4.69, 9.17) is 22.6 Å². The zero-order valence-electron chi connectivity index (χ0n) is 15.8. The van der Waals surface area contributed by atoms with Gasteiger partial charge in [0.25, 0.3) is 5.91 Å². The number of nitrogens with zero attached hydrogens (tertiary/aromatic N) is 4. The molecule has 0 atom stereocenters. The number of nitriles is 1. The fourth-order valence-electron chi connectivity index (χ4n) is 3.56. The number of rotatable bonds is 3. The minimum atomic E-state index is -0.645. The average molecular weight is 421 g/mol. The Hall–Kier alpha value is -3.83. The monoisotopic (exact) mass is 420 g/mol. The maximum absolute atomic E-state index is 12.8. The summed E-state index contributed by atoms with van der Waals surface area (Å²) in [4.78, 5) is 30.6. The molecule has 0 unspecified atom stereocenters. The van der Waals surface area contributed by atoms with Crippen LogP contribution in [0.1, 0.15) is 21.6 Å². The Morgan fingerprint density at radius 1 is 1.20 bits per heavy atom. The van der Waals surface area contributed by atoms with E-state index in [1.54, 1.807) is 47.6 Å². The summed E-state index contributed by atoms with van der Waals surface area (Å²) in [6.45, 7) is 1.05. The van der Waals surface area contributed by atoms with E-state index in [2.05, 4.69) is 10.3 Å². The molecule has 1 aromatic carbocycles. The number of hydrogen-bond acceptors (Lipinski definition) is 4. The number of pyridine rings is 1. The van der Waals surface area contributed by atoms with Gasteiger partial charge in [0.1, 0.15) is 0 Å². The molecule has 9 heteroatoms. The van der Waals surface area contributed by atoms with Gasteiger partial charge in [-0.1, -0.05) is 11.6 Å². The minimum absolute atomic E-state index is 0.181. The molecule has 1 aliphatic heterocycles. The summed E-state index contributed by atoms with van der Waals surface area (Å²) in [5.74, 6) is -0.645. The van der Waals surface area contributed by atoms with Gasteiger partial charge in [-0.05, 0) is 36.4 Å². The van der Waals surface area contributed by atoms with Crippen molar-refractivity contribution < 1.29 is 9.59 Å². The number of fused-ring (bicyclic) bond motifs is 1. The Morgan fingerprint density at radius 3 is 2.60 bits per heavy atom. The number of anilines is 1.